The maximum absolute atomic E-state index is 12.6. The number of benzene rings is 2. The van der Waals surface area contributed by atoms with Gasteiger partial charge in [0.05, 0.1) is 4.90 Å². The molecule has 1 amide bonds. The molecular weight excluding hydrogens is 478 g/mol. The number of aryl methyl sites for hydroxylation is 1. The molecule has 0 aliphatic carbocycles. The van der Waals surface area contributed by atoms with Gasteiger partial charge in [0, 0.05) is 43.1 Å². The van der Waals surface area contributed by atoms with Crippen molar-refractivity contribution in [2.45, 2.75) is 11.8 Å². The van der Waals surface area contributed by atoms with Gasteiger partial charge in [-0.2, -0.15) is 0 Å². The minimum Gasteiger partial charge on any atom is -0.483 e. The zero-order valence-electron chi connectivity index (χ0n) is 18.5. The van der Waals surface area contributed by atoms with Crippen molar-refractivity contribution in [3.8, 4) is 5.75 Å². The van der Waals surface area contributed by atoms with Crippen LogP contribution in [0.1, 0.15) is 5.56 Å². The number of halogens is 1. The summed E-state index contributed by atoms with van der Waals surface area (Å²) in [5.74, 6) is 0.766. The Balaban J connectivity index is 1.30. The molecule has 0 unspecified atom stereocenters. The Morgan fingerprint density at radius 2 is 1.82 bits per heavy atom. The van der Waals surface area contributed by atoms with Gasteiger partial charge >= 0.3 is 0 Å². The van der Waals surface area contributed by atoms with E-state index in [4.69, 9.17) is 16.3 Å². The fourth-order valence-electron chi connectivity index (χ4n) is 3.60. The summed E-state index contributed by atoms with van der Waals surface area (Å²) in [6, 6.07) is 13.4. The van der Waals surface area contributed by atoms with E-state index < -0.39 is 10.0 Å². The average Bonchev–Trinajstić information content (AvgIpc) is 2.84. The number of carbonyl (C=O) groups is 1. The van der Waals surface area contributed by atoms with Crippen LogP contribution in [0.2, 0.25) is 5.02 Å². The van der Waals surface area contributed by atoms with Gasteiger partial charge in [0.2, 0.25) is 0 Å². The van der Waals surface area contributed by atoms with Gasteiger partial charge in [0.25, 0.3) is 15.9 Å². The maximum atomic E-state index is 12.6. The highest BCUT2D eigenvalue weighted by Gasteiger charge is 2.22. The average molecular weight is 502 g/mol. The van der Waals surface area contributed by atoms with Crippen molar-refractivity contribution in [3.63, 3.8) is 0 Å². The highest BCUT2D eigenvalue weighted by Crippen LogP contribution is 2.23. The van der Waals surface area contributed by atoms with E-state index in [-0.39, 0.29) is 23.2 Å². The molecule has 0 saturated carbocycles. The molecule has 178 valence electrons. The molecule has 11 heteroatoms. The van der Waals surface area contributed by atoms with Gasteiger partial charge < -0.3 is 14.5 Å². The van der Waals surface area contributed by atoms with Crippen LogP contribution in [0.15, 0.2) is 66.0 Å². The van der Waals surface area contributed by atoms with Crippen LogP contribution in [-0.2, 0) is 14.8 Å². The molecule has 4 rings (SSSR count). The third kappa shape index (κ3) is 5.75. The first-order chi connectivity index (χ1) is 16.3. The fraction of sp³-hybridized carbons (Fsp3) is 0.261. The second-order valence-corrected chi connectivity index (χ2v) is 9.88. The zero-order valence-corrected chi connectivity index (χ0v) is 20.1. The number of hydrogen-bond acceptors (Lipinski definition) is 7. The summed E-state index contributed by atoms with van der Waals surface area (Å²) in [7, 11) is -3.75. The molecule has 2 heterocycles. The number of amides is 1. The van der Waals surface area contributed by atoms with Gasteiger partial charge in [-0.1, -0.05) is 11.6 Å². The lowest BCUT2D eigenvalue weighted by Crippen LogP contribution is -2.50. The number of nitrogens with one attached hydrogen (secondary N) is 1. The third-order valence-electron chi connectivity index (χ3n) is 5.45. The summed E-state index contributed by atoms with van der Waals surface area (Å²) >= 11 is 5.96. The molecule has 1 aliphatic heterocycles. The Labute approximate surface area is 203 Å². The van der Waals surface area contributed by atoms with Crippen LogP contribution >= 0.6 is 11.6 Å². The first-order valence-electron chi connectivity index (χ1n) is 10.6. The minimum absolute atomic E-state index is 0.0334. The Morgan fingerprint density at radius 1 is 1.09 bits per heavy atom. The van der Waals surface area contributed by atoms with Crippen molar-refractivity contribution in [2.24, 2.45) is 0 Å². The van der Waals surface area contributed by atoms with E-state index in [2.05, 4.69) is 19.6 Å². The molecule has 1 aromatic heterocycles. The van der Waals surface area contributed by atoms with Gasteiger partial charge in [-0.05, 0) is 61.0 Å². The van der Waals surface area contributed by atoms with E-state index in [1.807, 2.05) is 6.92 Å². The van der Waals surface area contributed by atoms with E-state index in [0.717, 1.165) is 11.3 Å². The molecule has 0 bridgehead atoms. The first-order valence-corrected chi connectivity index (χ1v) is 12.5. The highest BCUT2D eigenvalue weighted by atomic mass is 35.5. The lowest BCUT2D eigenvalue weighted by atomic mass is 10.2. The largest absolute Gasteiger partial charge is 0.483 e. The SMILES string of the molecule is Cc1cc(Cl)ccc1OCC(=O)N1CCN(c2ccc(S(=O)(=O)Nc3ccncn3)cc2)CC1. The second-order valence-electron chi connectivity index (χ2n) is 7.76. The Hall–Kier alpha value is -3.37. The quantitative estimate of drug-likeness (QED) is 0.530. The first kappa shape index (κ1) is 23.8. The monoisotopic (exact) mass is 501 g/mol. The van der Waals surface area contributed by atoms with Crippen molar-refractivity contribution in [1.29, 1.82) is 0 Å². The molecule has 0 atom stereocenters. The fourth-order valence-corrected chi connectivity index (χ4v) is 4.84. The molecule has 1 fully saturated rings. The molecule has 1 saturated heterocycles. The number of ether oxygens (including phenoxy) is 1. The lowest BCUT2D eigenvalue weighted by Gasteiger charge is -2.36. The Kier molecular flexibility index (Phi) is 7.18. The van der Waals surface area contributed by atoms with Gasteiger partial charge in [-0.25, -0.2) is 18.4 Å². The number of aromatic nitrogens is 2. The van der Waals surface area contributed by atoms with Crippen LogP contribution in [0.4, 0.5) is 11.5 Å². The van der Waals surface area contributed by atoms with Gasteiger partial charge in [-0.3, -0.25) is 9.52 Å². The molecule has 9 nitrogen and oxygen atoms in total. The summed E-state index contributed by atoms with van der Waals surface area (Å²) in [6.45, 7) is 4.23. The summed E-state index contributed by atoms with van der Waals surface area (Å²) in [5, 5.41) is 0.625. The highest BCUT2D eigenvalue weighted by molar-refractivity contribution is 7.92. The maximum Gasteiger partial charge on any atom is 0.263 e. The van der Waals surface area contributed by atoms with Crippen molar-refractivity contribution in [2.75, 3.05) is 42.4 Å². The molecule has 1 N–H and O–H groups in total. The van der Waals surface area contributed by atoms with Crippen molar-refractivity contribution < 1.29 is 17.9 Å². The van der Waals surface area contributed by atoms with E-state index in [1.165, 1.54) is 18.6 Å². The Bertz CT molecular complexity index is 1250. The van der Waals surface area contributed by atoms with Crippen molar-refractivity contribution in [1.82, 2.24) is 14.9 Å². The van der Waals surface area contributed by atoms with E-state index in [1.54, 1.807) is 47.4 Å². The second kappa shape index (κ2) is 10.3. The van der Waals surface area contributed by atoms with Gasteiger partial charge in [-0.15, -0.1) is 0 Å². The van der Waals surface area contributed by atoms with Crippen molar-refractivity contribution in [3.05, 3.63) is 71.6 Å². The van der Waals surface area contributed by atoms with Crippen LogP contribution < -0.4 is 14.4 Å². The number of anilines is 2. The molecule has 2 aromatic carbocycles. The molecule has 3 aromatic rings. The third-order valence-corrected chi connectivity index (χ3v) is 7.06. The molecular formula is C23H24ClN5O4S. The van der Waals surface area contributed by atoms with Gasteiger partial charge in [0.1, 0.15) is 17.9 Å². The molecule has 1 aliphatic rings. The standard InChI is InChI=1S/C23H24ClN5O4S/c1-17-14-18(24)2-7-21(17)33-15-23(30)29-12-10-28(11-13-29)19-3-5-20(6-4-19)34(31,32)27-22-8-9-25-16-26-22/h2-9,14,16H,10-13,15H2,1H3,(H,25,26,27). The van der Waals surface area contributed by atoms with Gasteiger partial charge in [0.15, 0.2) is 6.61 Å². The zero-order chi connectivity index (χ0) is 24.1. The molecule has 34 heavy (non-hydrogen) atoms. The normalized spacial score (nSPS) is 14.1. The van der Waals surface area contributed by atoms with E-state index in [0.29, 0.717) is 37.0 Å². The van der Waals surface area contributed by atoms with Crippen molar-refractivity contribution >= 4 is 39.0 Å². The number of hydrogen-bond donors (Lipinski definition) is 1. The van der Waals surface area contributed by atoms with E-state index >= 15 is 0 Å². The summed E-state index contributed by atoms with van der Waals surface area (Å²) in [6.07, 6.45) is 2.74. The number of carbonyl (C=O) groups excluding carboxylic acids is 1. The number of piperazine rings is 1. The Morgan fingerprint density at radius 3 is 2.47 bits per heavy atom. The number of sulfonamides is 1. The summed E-state index contributed by atoms with van der Waals surface area (Å²) in [5.41, 5.74) is 1.77. The molecule has 0 spiro atoms. The summed E-state index contributed by atoms with van der Waals surface area (Å²) in [4.78, 5) is 24.2. The van der Waals surface area contributed by atoms with Crippen LogP contribution in [0, 0.1) is 6.92 Å². The van der Waals surface area contributed by atoms with Crippen LogP contribution in [0.3, 0.4) is 0 Å². The molecule has 0 radical (unpaired) electrons. The minimum atomic E-state index is -3.75. The number of rotatable bonds is 7. The summed E-state index contributed by atoms with van der Waals surface area (Å²) < 4.78 is 33.2. The lowest BCUT2D eigenvalue weighted by molar-refractivity contribution is -0.133. The smallest absolute Gasteiger partial charge is 0.263 e. The van der Waals surface area contributed by atoms with Crippen LogP contribution in [-0.4, -0.2) is 62.0 Å². The van der Waals surface area contributed by atoms with Crippen LogP contribution in [0.5, 0.6) is 5.75 Å². The van der Waals surface area contributed by atoms with Crippen LogP contribution in [0.25, 0.3) is 0 Å². The number of nitrogens with zero attached hydrogens (tertiary/aromatic N) is 4. The topological polar surface area (TPSA) is 105 Å². The predicted molar refractivity (Wildman–Crippen MR) is 130 cm³/mol. The predicted octanol–water partition coefficient (Wildman–Crippen LogP) is 2.97. The van der Waals surface area contributed by atoms with E-state index in [9.17, 15) is 13.2 Å².